The van der Waals surface area contributed by atoms with Crippen LogP contribution in [0.3, 0.4) is 0 Å². The maximum Gasteiger partial charge on any atom is 0.275 e. The van der Waals surface area contributed by atoms with E-state index >= 15 is 0 Å². The zero-order valence-corrected chi connectivity index (χ0v) is 28.1. The lowest BCUT2D eigenvalue weighted by Crippen LogP contribution is -2.35. The molecule has 0 saturated carbocycles. The molecule has 3 amide bonds. The summed E-state index contributed by atoms with van der Waals surface area (Å²) in [4.78, 5) is 47.7. The Bertz CT molecular complexity index is 1970. The van der Waals surface area contributed by atoms with Crippen molar-refractivity contribution in [2.45, 2.75) is 25.8 Å². The Kier molecular flexibility index (Phi) is 9.86. The average molecular weight is 697 g/mol. The lowest BCUT2D eigenvalue weighted by atomic mass is 9.98. The van der Waals surface area contributed by atoms with Crippen molar-refractivity contribution >= 4 is 17.7 Å². The summed E-state index contributed by atoms with van der Waals surface area (Å²) in [6, 6.07) is 16.7. The number of nitrogens with one attached hydrogen (secondary N) is 1. The molecular formula is C38H37FN4O8. The summed E-state index contributed by atoms with van der Waals surface area (Å²) in [6.45, 7) is 2.09. The standard InChI is InChI=1S/C38H37FN4O8/c1-47-30-9-7-24-19-28(30)26-18-27-22-43(37(45)25-8-10-31-32(20-25)51-23-50-31)15-17-49-35(27)33(21-26)48-16-5-14-42(13-3-2-11-41-36(24)44)38(46)34-29(39)6-4-12-40-34/h4,6-10,12,18-21H,2-3,5,11,13-17,22-23H2,1H3,(H,41,44). The predicted octanol–water partition coefficient (Wildman–Crippen LogP) is 5.09. The van der Waals surface area contributed by atoms with Crippen LogP contribution < -0.4 is 29.0 Å². The molecule has 1 aromatic heterocycles. The van der Waals surface area contributed by atoms with Gasteiger partial charge in [-0.15, -0.1) is 0 Å². The zero-order valence-electron chi connectivity index (χ0n) is 28.1. The molecule has 4 heterocycles. The number of benzene rings is 3. The molecule has 1 N–H and O–H groups in total. The maximum atomic E-state index is 14.6. The van der Waals surface area contributed by atoms with Gasteiger partial charge < -0.3 is 38.8 Å². The highest BCUT2D eigenvalue weighted by Gasteiger charge is 2.27. The van der Waals surface area contributed by atoms with Crippen LogP contribution in [-0.2, 0) is 6.54 Å². The van der Waals surface area contributed by atoms with Crippen molar-refractivity contribution in [2.24, 2.45) is 0 Å². The van der Waals surface area contributed by atoms with Crippen LogP contribution in [0.2, 0.25) is 0 Å². The molecular weight excluding hydrogens is 659 g/mol. The largest absolute Gasteiger partial charge is 0.496 e. The summed E-state index contributed by atoms with van der Waals surface area (Å²) < 4.78 is 43.8. The second kappa shape index (κ2) is 15.0. The predicted molar refractivity (Wildman–Crippen MR) is 183 cm³/mol. The highest BCUT2D eigenvalue weighted by atomic mass is 19.1. The maximum absolute atomic E-state index is 14.6. The van der Waals surface area contributed by atoms with Gasteiger partial charge in [0.1, 0.15) is 12.4 Å². The van der Waals surface area contributed by atoms with E-state index in [-0.39, 0.29) is 50.6 Å². The molecule has 0 spiro atoms. The van der Waals surface area contributed by atoms with E-state index in [1.54, 1.807) is 53.3 Å². The molecule has 12 nitrogen and oxygen atoms in total. The van der Waals surface area contributed by atoms with Gasteiger partial charge in [0.2, 0.25) is 6.79 Å². The number of halogens is 1. The van der Waals surface area contributed by atoms with E-state index < -0.39 is 11.7 Å². The first-order valence-corrected chi connectivity index (χ1v) is 16.9. The Balaban J connectivity index is 1.22. The van der Waals surface area contributed by atoms with Gasteiger partial charge in [0.15, 0.2) is 34.5 Å². The minimum absolute atomic E-state index is 0.104. The van der Waals surface area contributed by atoms with Crippen LogP contribution in [0, 0.1) is 5.82 Å². The highest BCUT2D eigenvalue weighted by Crippen LogP contribution is 2.42. The number of hydrogen-bond donors (Lipinski definition) is 1. The molecule has 264 valence electrons. The van der Waals surface area contributed by atoms with Crippen LogP contribution in [-0.4, -0.2) is 85.8 Å². The van der Waals surface area contributed by atoms with Crippen LogP contribution in [0.4, 0.5) is 4.39 Å². The van der Waals surface area contributed by atoms with E-state index in [9.17, 15) is 18.8 Å². The molecule has 0 saturated heterocycles. The van der Waals surface area contributed by atoms with Gasteiger partial charge in [-0.2, -0.15) is 0 Å². The van der Waals surface area contributed by atoms with Crippen molar-refractivity contribution in [3.8, 4) is 39.9 Å². The summed E-state index contributed by atoms with van der Waals surface area (Å²) >= 11 is 0. The molecule has 4 aromatic rings. The van der Waals surface area contributed by atoms with Gasteiger partial charge in [-0.3, -0.25) is 14.4 Å². The molecule has 3 aromatic carbocycles. The fourth-order valence-corrected chi connectivity index (χ4v) is 6.38. The van der Waals surface area contributed by atoms with Crippen molar-refractivity contribution in [1.29, 1.82) is 0 Å². The summed E-state index contributed by atoms with van der Waals surface area (Å²) in [5, 5.41) is 2.96. The fourth-order valence-electron chi connectivity index (χ4n) is 6.38. The smallest absolute Gasteiger partial charge is 0.275 e. The van der Waals surface area contributed by atoms with E-state index in [1.807, 2.05) is 12.1 Å². The monoisotopic (exact) mass is 696 g/mol. The second-order valence-electron chi connectivity index (χ2n) is 12.3. The number of rotatable bonds is 3. The minimum atomic E-state index is -0.686. The van der Waals surface area contributed by atoms with Crippen LogP contribution in [0.15, 0.2) is 66.9 Å². The van der Waals surface area contributed by atoms with Gasteiger partial charge in [-0.1, -0.05) is 0 Å². The van der Waals surface area contributed by atoms with E-state index in [2.05, 4.69) is 10.3 Å². The summed E-state index contributed by atoms with van der Waals surface area (Å²) in [5.41, 5.74) is 2.71. The SMILES string of the molecule is COc1ccc2cc1-c1cc3c(c(c1)OCCCN(C(=O)c1ncccc1F)CCCCNC2=O)OCCN(C(=O)c1ccc2c(c1)OCO2)C3. The third kappa shape index (κ3) is 7.23. The van der Waals surface area contributed by atoms with Crippen molar-refractivity contribution in [1.82, 2.24) is 20.1 Å². The number of nitrogens with zero attached hydrogens (tertiary/aromatic N) is 3. The van der Waals surface area contributed by atoms with E-state index in [1.165, 1.54) is 18.3 Å². The fraction of sp³-hybridized carbons (Fsp3) is 0.316. The van der Waals surface area contributed by atoms with Crippen molar-refractivity contribution in [2.75, 3.05) is 53.3 Å². The molecule has 0 aliphatic carbocycles. The van der Waals surface area contributed by atoms with Gasteiger partial charge >= 0.3 is 0 Å². The molecule has 51 heavy (non-hydrogen) atoms. The number of amides is 3. The number of methoxy groups -OCH3 is 1. The first-order chi connectivity index (χ1) is 24.9. The first kappa shape index (κ1) is 33.6. The van der Waals surface area contributed by atoms with Gasteiger partial charge in [0, 0.05) is 54.6 Å². The Hall–Kier alpha value is -5.85. The lowest BCUT2D eigenvalue weighted by Gasteiger charge is -2.23. The van der Waals surface area contributed by atoms with E-state index in [0.29, 0.717) is 95.5 Å². The third-order valence-corrected chi connectivity index (χ3v) is 9.00. The van der Waals surface area contributed by atoms with Crippen LogP contribution >= 0.6 is 0 Å². The molecule has 4 bridgehead atoms. The molecule has 0 radical (unpaired) electrons. The molecule has 0 atom stereocenters. The van der Waals surface area contributed by atoms with Crippen LogP contribution in [0.5, 0.6) is 28.7 Å². The lowest BCUT2D eigenvalue weighted by molar-refractivity contribution is 0.0727. The third-order valence-electron chi connectivity index (χ3n) is 9.00. The Morgan fingerprint density at radius 2 is 1.69 bits per heavy atom. The Labute approximate surface area is 294 Å². The first-order valence-electron chi connectivity index (χ1n) is 16.9. The molecule has 3 aliphatic rings. The zero-order chi connectivity index (χ0) is 35.3. The molecule has 13 heteroatoms. The topological polar surface area (TPSA) is 129 Å². The van der Waals surface area contributed by atoms with E-state index in [0.717, 1.165) is 0 Å². The summed E-state index contributed by atoms with van der Waals surface area (Å²) in [7, 11) is 1.56. The average Bonchev–Trinajstić information content (AvgIpc) is 3.52. The summed E-state index contributed by atoms with van der Waals surface area (Å²) in [6.07, 6.45) is 3.01. The Morgan fingerprint density at radius 1 is 0.824 bits per heavy atom. The van der Waals surface area contributed by atoms with Gasteiger partial charge in [0.25, 0.3) is 17.7 Å². The molecule has 0 unspecified atom stereocenters. The summed E-state index contributed by atoms with van der Waals surface area (Å²) in [5.74, 6) is 0.930. The molecule has 7 rings (SSSR count). The van der Waals surface area contributed by atoms with Crippen LogP contribution in [0.25, 0.3) is 11.1 Å². The van der Waals surface area contributed by atoms with Crippen molar-refractivity contribution in [3.63, 3.8) is 0 Å². The van der Waals surface area contributed by atoms with Gasteiger partial charge in [0.05, 0.1) is 20.3 Å². The van der Waals surface area contributed by atoms with Gasteiger partial charge in [-0.05, 0) is 85.5 Å². The number of hydrogen-bond acceptors (Lipinski definition) is 9. The quantitative estimate of drug-likeness (QED) is 0.311. The van der Waals surface area contributed by atoms with Crippen molar-refractivity contribution in [3.05, 3.63) is 95.1 Å². The van der Waals surface area contributed by atoms with Gasteiger partial charge in [-0.25, -0.2) is 9.37 Å². The highest BCUT2D eigenvalue weighted by molar-refractivity contribution is 5.97. The molecule has 0 fully saturated rings. The number of aromatic nitrogens is 1. The number of ether oxygens (including phenoxy) is 5. The minimum Gasteiger partial charge on any atom is -0.496 e. The second-order valence-corrected chi connectivity index (χ2v) is 12.3. The normalized spacial score (nSPS) is 16.1. The number of carbonyl (C=O) groups is 3. The molecule has 3 aliphatic heterocycles. The van der Waals surface area contributed by atoms with E-state index in [4.69, 9.17) is 23.7 Å². The number of carbonyl (C=O) groups excluding carboxylic acids is 3. The van der Waals surface area contributed by atoms with Crippen LogP contribution in [0.1, 0.15) is 56.0 Å². The van der Waals surface area contributed by atoms with Crippen molar-refractivity contribution < 1.29 is 42.5 Å². The Morgan fingerprint density at radius 3 is 2.55 bits per heavy atom. The number of fused-ring (bicyclic) bond motifs is 8. The number of pyridine rings is 1.